The minimum absolute atomic E-state index is 0.131. The van der Waals surface area contributed by atoms with Crippen molar-refractivity contribution in [2.24, 2.45) is 0 Å². The third-order valence-electron chi connectivity index (χ3n) is 7.02. The lowest BCUT2D eigenvalue weighted by atomic mass is 9.86. The normalized spacial score (nSPS) is 16.9. The first kappa shape index (κ1) is 22.9. The summed E-state index contributed by atoms with van der Waals surface area (Å²) in [6, 6.07) is 12.4. The van der Waals surface area contributed by atoms with Gasteiger partial charge in [-0.05, 0) is 36.6 Å². The van der Waals surface area contributed by atoms with Crippen LogP contribution in [0.5, 0.6) is 0 Å². The second kappa shape index (κ2) is 9.40. The number of aromatic nitrogens is 2. The minimum atomic E-state index is -0.275. The van der Waals surface area contributed by atoms with Crippen molar-refractivity contribution in [3.63, 3.8) is 0 Å². The quantitative estimate of drug-likeness (QED) is 0.483. The van der Waals surface area contributed by atoms with Crippen LogP contribution >= 0.6 is 0 Å². The highest BCUT2D eigenvalue weighted by atomic mass is 16.5. The zero-order valence-corrected chi connectivity index (χ0v) is 20.1. The van der Waals surface area contributed by atoms with Gasteiger partial charge in [-0.1, -0.05) is 23.8 Å². The zero-order valence-electron chi connectivity index (χ0n) is 20.1. The number of allylic oxidation sites excluding steroid dienone is 2. The molecule has 0 amide bonds. The molecule has 178 valence electrons. The molecule has 1 aromatic carbocycles. The van der Waals surface area contributed by atoms with Gasteiger partial charge < -0.3 is 18.8 Å². The van der Waals surface area contributed by atoms with E-state index in [2.05, 4.69) is 15.6 Å². The smallest absolute Gasteiger partial charge is 0.305 e. The first-order valence-electron chi connectivity index (χ1n) is 11.7. The average Bonchev–Trinajstić information content (AvgIpc) is 3.23. The number of rotatable bonds is 6. The van der Waals surface area contributed by atoms with Crippen LogP contribution in [0.2, 0.25) is 0 Å². The van der Waals surface area contributed by atoms with Crippen molar-refractivity contribution in [2.45, 2.75) is 38.3 Å². The summed E-state index contributed by atoms with van der Waals surface area (Å²) >= 11 is 0. The third-order valence-corrected chi connectivity index (χ3v) is 7.02. The second-order valence-electron chi connectivity index (χ2n) is 8.71. The molecule has 2 aliphatic rings. The third kappa shape index (κ3) is 3.80. The maximum Gasteiger partial charge on any atom is 0.305 e. The van der Waals surface area contributed by atoms with Gasteiger partial charge in [-0.15, -0.1) is 0 Å². The minimum Gasteiger partial charge on any atom is -0.498 e. The van der Waals surface area contributed by atoms with E-state index < -0.39 is 0 Å². The highest BCUT2D eigenvalue weighted by Crippen LogP contribution is 2.45. The summed E-state index contributed by atoms with van der Waals surface area (Å²) in [5, 5.41) is 11.5. The van der Waals surface area contributed by atoms with E-state index in [0.717, 1.165) is 64.1 Å². The molecule has 3 aromatic rings. The fourth-order valence-electron chi connectivity index (χ4n) is 5.37. The van der Waals surface area contributed by atoms with Crippen LogP contribution in [0.1, 0.15) is 36.2 Å². The molecule has 0 N–H and O–H groups in total. The molecule has 1 atom stereocenters. The van der Waals surface area contributed by atoms with Gasteiger partial charge in [0.25, 0.3) is 0 Å². The van der Waals surface area contributed by atoms with E-state index in [9.17, 15) is 10.1 Å². The average molecular weight is 470 g/mol. The number of benzene rings is 1. The number of carbonyl (C=O) groups is 1. The highest BCUT2D eigenvalue weighted by molar-refractivity contribution is 5.99. The Labute approximate surface area is 204 Å². The highest BCUT2D eigenvalue weighted by Gasteiger charge is 2.34. The van der Waals surface area contributed by atoms with Crippen molar-refractivity contribution in [3.05, 3.63) is 70.9 Å². The van der Waals surface area contributed by atoms with Gasteiger partial charge >= 0.3 is 5.97 Å². The number of carbonyl (C=O) groups excluding carboxylic acids is 1. The number of nitrogens with zero attached hydrogens (tertiary/aromatic N) is 3. The Balaban J connectivity index is 1.78. The van der Waals surface area contributed by atoms with Crippen molar-refractivity contribution in [1.29, 1.82) is 5.26 Å². The fraction of sp³-hybridized carbons (Fsp3) is 0.321. The Bertz CT molecular complexity index is 1420. The Morgan fingerprint density at radius 1 is 1.23 bits per heavy atom. The summed E-state index contributed by atoms with van der Waals surface area (Å²) in [6.45, 7) is 0.731. The van der Waals surface area contributed by atoms with Crippen LogP contribution in [0.25, 0.3) is 27.6 Å². The number of fused-ring (bicyclic) bond motifs is 3. The van der Waals surface area contributed by atoms with Gasteiger partial charge in [-0.3, -0.25) is 9.78 Å². The number of ether oxygens (including phenoxy) is 3. The Morgan fingerprint density at radius 2 is 2.06 bits per heavy atom. The van der Waals surface area contributed by atoms with Crippen molar-refractivity contribution in [1.82, 2.24) is 9.55 Å². The topological polar surface area (TPSA) is 86.4 Å². The molecule has 2 aromatic heterocycles. The van der Waals surface area contributed by atoms with Crippen LogP contribution in [-0.4, -0.2) is 43.0 Å². The van der Waals surface area contributed by atoms with Gasteiger partial charge in [0.2, 0.25) is 0 Å². The van der Waals surface area contributed by atoms with Gasteiger partial charge in [0.15, 0.2) is 0 Å². The van der Waals surface area contributed by atoms with Gasteiger partial charge in [-0.25, -0.2) is 0 Å². The molecule has 1 unspecified atom stereocenters. The SMILES string of the molecule is COC(=O)CCc1c(-c2ccnc3ccccc23)c(C#N)c2n1CCC1=C2C=C(OC)C(OC)C1. The monoisotopic (exact) mass is 469 g/mol. The standard InChI is InChI=1S/C28H27N3O4/c1-33-24-14-17-11-13-31-23(8-9-26(32)35-3)27(19-10-12-30-22-7-5-4-6-18(19)22)21(16-29)28(31)20(17)15-25(24)34-2/h4-7,10,12,15,24H,8-9,11,13-14H2,1-3H3. The Morgan fingerprint density at radius 3 is 2.80 bits per heavy atom. The van der Waals surface area contributed by atoms with Crippen molar-refractivity contribution in [2.75, 3.05) is 21.3 Å². The summed E-state index contributed by atoms with van der Waals surface area (Å²) in [4.78, 5) is 16.6. The first-order valence-corrected chi connectivity index (χ1v) is 11.7. The Hall–Kier alpha value is -3.89. The molecule has 0 fully saturated rings. The predicted octanol–water partition coefficient (Wildman–Crippen LogP) is 4.79. The van der Waals surface area contributed by atoms with E-state index in [0.29, 0.717) is 12.0 Å². The summed E-state index contributed by atoms with van der Waals surface area (Å²) in [5.41, 5.74) is 7.39. The number of pyridine rings is 1. The Kier molecular flexibility index (Phi) is 6.14. The second-order valence-corrected chi connectivity index (χ2v) is 8.71. The number of hydrogen-bond acceptors (Lipinski definition) is 6. The zero-order chi connectivity index (χ0) is 24.5. The van der Waals surface area contributed by atoms with Crippen molar-refractivity contribution in [3.8, 4) is 17.2 Å². The summed E-state index contributed by atoms with van der Waals surface area (Å²) in [6.07, 6.45) is 5.93. The molecule has 0 bridgehead atoms. The van der Waals surface area contributed by atoms with Gasteiger partial charge in [0.05, 0.1) is 37.4 Å². The number of esters is 1. The summed E-state index contributed by atoms with van der Waals surface area (Å²) in [5.74, 6) is 0.472. The lowest BCUT2D eigenvalue weighted by molar-refractivity contribution is -0.140. The van der Waals surface area contributed by atoms with Crippen LogP contribution in [0.4, 0.5) is 0 Å². The molecule has 1 aliphatic carbocycles. The van der Waals surface area contributed by atoms with Crippen LogP contribution in [-0.2, 0) is 32.0 Å². The molecular weight excluding hydrogens is 442 g/mol. The van der Waals surface area contributed by atoms with Crippen LogP contribution in [0, 0.1) is 11.3 Å². The molecule has 35 heavy (non-hydrogen) atoms. The van der Waals surface area contributed by atoms with Crippen LogP contribution in [0.15, 0.2) is 53.9 Å². The number of methoxy groups -OCH3 is 3. The molecule has 3 heterocycles. The van der Waals surface area contributed by atoms with Crippen molar-refractivity contribution >= 4 is 22.4 Å². The maximum absolute atomic E-state index is 12.1. The first-order chi connectivity index (χ1) is 17.1. The van der Waals surface area contributed by atoms with E-state index in [1.54, 1.807) is 20.4 Å². The van der Waals surface area contributed by atoms with Gasteiger partial charge in [0.1, 0.15) is 17.9 Å². The lowest BCUT2D eigenvalue weighted by Crippen LogP contribution is -2.24. The molecule has 7 nitrogen and oxygen atoms in total. The van der Waals surface area contributed by atoms with Crippen molar-refractivity contribution < 1.29 is 19.0 Å². The van der Waals surface area contributed by atoms with Crippen LogP contribution < -0.4 is 0 Å². The molecule has 0 saturated carbocycles. The molecule has 5 rings (SSSR count). The number of hydrogen-bond donors (Lipinski definition) is 0. The van der Waals surface area contributed by atoms with E-state index in [-0.39, 0.29) is 18.5 Å². The largest absolute Gasteiger partial charge is 0.498 e. The van der Waals surface area contributed by atoms with Crippen LogP contribution in [0.3, 0.4) is 0 Å². The number of para-hydroxylation sites is 1. The number of nitriles is 1. The maximum atomic E-state index is 12.1. The molecule has 0 saturated heterocycles. The molecule has 7 heteroatoms. The molecular formula is C28H27N3O4. The van der Waals surface area contributed by atoms with Gasteiger partial charge in [0, 0.05) is 48.5 Å². The van der Waals surface area contributed by atoms with Gasteiger partial charge in [-0.2, -0.15) is 5.26 Å². The lowest BCUT2D eigenvalue weighted by Gasteiger charge is -2.30. The summed E-state index contributed by atoms with van der Waals surface area (Å²) in [7, 11) is 4.73. The molecule has 1 aliphatic heterocycles. The molecule has 0 radical (unpaired) electrons. The fourth-order valence-corrected chi connectivity index (χ4v) is 5.37. The predicted molar refractivity (Wildman–Crippen MR) is 132 cm³/mol. The van der Waals surface area contributed by atoms with E-state index in [4.69, 9.17) is 14.2 Å². The van der Waals surface area contributed by atoms with E-state index in [1.807, 2.05) is 36.4 Å². The molecule has 0 spiro atoms. The van der Waals surface area contributed by atoms with E-state index in [1.165, 1.54) is 12.7 Å². The summed E-state index contributed by atoms with van der Waals surface area (Å²) < 4.78 is 18.4. The van der Waals surface area contributed by atoms with E-state index >= 15 is 0 Å².